The number of carbonyl (C=O) groups is 2. The summed E-state index contributed by atoms with van der Waals surface area (Å²) in [5.74, 6) is 0.163. The molecule has 2 unspecified atom stereocenters. The summed E-state index contributed by atoms with van der Waals surface area (Å²) in [7, 11) is -0.487. The highest BCUT2D eigenvalue weighted by molar-refractivity contribution is 6.73. The summed E-state index contributed by atoms with van der Waals surface area (Å²) < 4.78 is 21.7. The Labute approximate surface area is 149 Å². The number of rotatable bonds is 9. The summed E-state index contributed by atoms with van der Waals surface area (Å²) in [6.45, 7) is 6.66. The van der Waals surface area contributed by atoms with Gasteiger partial charge in [0.15, 0.2) is 14.4 Å². The van der Waals surface area contributed by atoms with E-state index in [1.807, 2.05) is 0 Å². The van der Waals surface area contributed by atoms with E-state index in [1.54, 1.807) is 12.1 Å². The predicted molar refractivity (Wildman–Crippen MR) is 93.6 cm³/mol. The number of ether oxygens (including phenoxy) is 2. The lowest BCUT2D eigenvalue weighted by Gasteiger charge is -2.46. The zero-order chi connectivity index (χ0) is 18.4. The van der Waals surface area contributed by atoms with Gasteiger partial charge in [0.25, 0.3) is 5.91 Å². The first-order valence-corrected chi connectivity index (χ1v) is 11.3. The Morgan fingerprint density at radius 2 is 1.92 bits per heavy atom. The van der Waals surface area contributed by atoms with Crippen LogP contribution in [0.3, 0.4) is 0 Å². The van der Waals surface area contributed by atoms with E-state index >= 15 is 0 Å². The number of hydrogen-bond donors (Lipinski definition) is 0. The first-order valence-electron chi connectivity index (χ1n) is 8.73. The van der Waals surface area contributed by atoms with Crippen LogP contribution < -0.4 is 0 Å². The fourth-order valence-electron chi connectivity index (χ4n) is 3.07. The van der Waals surface area contributed by atoms with Crippen molar-refractivity contribution < 1.29 is 27.9 Å². The van der Waals surface area contributed by atoms with Gasteiger partial charge < -0.3 is 18.3 Å². The molecule has 2 heterocycles. The number of likely N-dealkylation sites (tertiary alicyclic amines) is 1. The molecule has 7 nitrogen and oxygen atoms in total. The molecule has 2 rings (SSSR count). The molecule has 1 saturated heterocycles. The van der Waals surface area contributed by atoms with Crippen molar-refractivity contribution >= 4 is 20.3 Å². The number of hydrogen-bond acceptors (Lipinski definition) is 6. The van der Waals surface area contributed by atoms with Gasteiger partial charge in [-0.25, -0.2) is 9.69 Å². The average molecular weight is 369 g/mol. The number of β-lactam (4-membered cyclic amide) rings is 1. The van der Waals surface area contributed by atoms with Crippen molar-refractivity contribution in [2.45, 2.75) is 51.0 Å². The summed E-state index contributed by atoms with van der Waals surface area (Å²) >= 11 is 0. The minimum atomic E-state index is -2.00. The van der Waals surface area contributed by atoms with Crippen molar-refractivity contribution in [3.8, 4) is 0 Å². The molecule has 1 aliphatic heterocycles. The van der Waals surface area contributed by atoms with Gasteiger partial charge in [0.1, 0.15) is 18.4 Å². The Morgan fingerprint density at radius 3 is 2.44 bits per heavy atom. The zero-order valence-corrected chi connectivity index (χ0v) is 16.3. The van der Waals surface area contributed by atoms with Crippen molar-refractivity contribution in [1.82, 2.24) is 4.90 Å². The van der Waals surface area contributed by atoms with Crippen molar-refractivity contribution in [3.05, 3.63) is 24.2 Å². The molecule has 1 fully saturated rings. The summed E-state index contributed by atoms with van der Waals surface area (Å²) in [5, 5.41) is 0. The SMILES string of the molecule is CC[Si](CC)(CC)OC1C(=O)N(C(=O)OCCOC)C1c1ccco1. The molecule has 0 aliphatic carbocycles. The minimum Gasteiger partial charge on any atom is -0.467 e. The minimum absolute atomic E-state index is 0.0904. The van der Waals surface area contributed by atoms with Gasteiger partial charge >= 0.3 is 6.09 Å². The maximum absolute atomic E-state index is 12.6. The standard InChI is InChI=1S/C17H27NO6Si/c1-5-25(6-2,7-3)24-15-14(13-9-8-10-22-13)18(16(15)19)17(20)23-12-11-21-4/h8-10,14-15H,5-7,11-12H2,1-4H3. The summed E-state index contributed by atoms with van der Waals surface area (Å²) in [4.78, 5) is 26.0. The number of amides is 2. The molecule has 140 valence electrons. The first kappa shape index (κ1) is 19.7. The fourth-order valence-corrected chi connectivity index (χ4v) is 5.84. The summed E-state index contributed by atoms with van der Waals surface area (Å²) in [6, 6.07) is 5.67. The molecule has 0 N–H and O–H groups in total. The zero-order valence-electron chi connectivity index (χ0n) is 15.3. The van der Waals surface area contributed by atoms with Crippen LogP contribution in [0.25, 0.3) is 0 Å². The van der Waals surface area contributed by atoms with Crippen LogP contribution >= 0.6 is 0 Å². The van der Waals surface area contributed by atoms with E-state index < -0.39 is 26.6 Å². The van der Waals surface area contributed by atoms with Crippen LogP contribution in [-0.2, 0) is 18.7 Å². The highest BCUT2D eigenvalue weighted by atomic mass is 28.4. The highest BCUT2D eigenvalue weighted by Gasteiger charge is 2.56. The molecule has 1 aromatic rings. The Morgan fingerprint density at radius 1 is 1.24 bits per heavy atom. The number of nitrogens with zero attached hydrogens (tertiary/aromatic N) is 1. The number of carbonyl (C=O) groups excluding carboxylic acids is 2. The molecule has 0 aromatic carbocycles. The Balaban J connectivity index is 2.18. The van der Waals surface area contributed by atoms with Crippen LogP contribution in [0.15, 0.2) is 22.8 Å². The van der Waals surface area contributed by atoms with Gasteiger partial charge in [-0.3, -0.25) is 4.79 Å². The highest BCUT2D eigenvalue weighted by Crippen LogP contribution is 2.40. The van der Waals surface area contributed by atoms with E-state index in [4.69, 9.17) is 18.3 Å². The molecule has 0 saturated carbocycles. The monoisotopic (exact) mass is 369 g/mol. The Bertz CT molecular complexity index is 563. The van der Waals surface area contributed by atoms with Crippen molar-refractivity contribution in [2.75, 3.05) is 20.3 Å². The number of methoxy groups -OCH3 is 1. The van der Waals surface area contributed by atoms with E-state index in [2.05, 4.69) is 20.8 Å². The molecule has 2 amide bonds. The van der Waals surface area contributed by atoms with Crippen molar-refractivity contribution in [1.29, 1.82) is 0 Å². The topological polar surface area (TPSA) is 78.2 Å². The van der Waals surface area contributed by atoms with Gasteiger partial charge in [0.05, 0.1) is 12.9 Å². The van der Waals surface area contributed by atoms with Gasteiger partial charge in [-0.1, -0.05) is 20.8 Å². The lowest BCUT2D eigenvalue weighted by Crippen LogP contribution is -2.64. The van der Waals surface area contributed by atoms with Gasteiger partial charge in [0, 0.05) is 7.11 Å². The van der Waals surface area contributed by atoms with Gasteiger partial charge in [-0.05, 0) is 30.3 Å². The third-order valence-electron chi connectivity index (χ3n) is 4.90. The first-order chi connectivity index (χ1) is 12.0. The van der Waals surface area contributed by atoms with E-state index in [-0.39, 0.29) is 19.1 Å². The summed E-state index contributed by atoms with van der Waals surface area (Å²) in [5.41, 5.74) is 0. The van der Waals surface area contributed by atoms with E-state index in [0.717, 1.165) is 23.0 Å². The molecule has 1 aliphatic rings. The normalized spacial score (nSPS) is 20.5. The third kappa shape index (κ3) is 3.96. The van der Waals surface area contributed by atoms with Gasteiger partial charge in [-0.15, -0.1) is 0 Å². The lowest BCUT2D eigenvalue weighted by atomic mass is 9.96. The Kier molecular flexibility index (Phi) is 6.80. The maximum Gasteiger partial charge on any atom is 0.417 e. The molecule has 0 bridgehead atoms. The van der Waals surface area contributed by atoms with Crippen LogP contribution in [0.1, 0.15) is 32.6 Å². The fraction of sp³-hybridized carbons (Fsp3) is 0.647. The molecule has 2 atom stereocenters. The lowest BCUT2D eigenvalue weighted by molar-refractivity contribution is -0.162. The predicted octanol–water partition coefficient (Wildman–Crippen LogP) is 3.34. The molecule has 8 heteroatoms. The summed E-state index contributed by atoms with van der Waals surface area (Å²) in [6.07, 6.45) is 0.140. The number of imide groups is 1. The Hall–Kier alpha value is -1.64. The molecular formula is C17H27NO6Si. The molecular weight excluding hydrogens is 342 g/mol. The smallest absolute Gasteiger partial charge is 0.417 e. The van der Waals surface area contributed by atoms with E-state index in [9.17, 15) is 9.59 Å². The van der Waals surface area contributed by atoms with Crippen molar-refractivity contribution in [3.63, 3.8) is 0 Å². The maximum atomic E-state index is 12.6. The van der Waals surface area contributed by atoms with Gasteiger partial charge in [-0.2, -0.15) is 0 Å². The van der Waals surface area contributed by atoms with Crippen molar-refractivity contribution in [2.24, 2.45) is 0 Å². The van der Waals surface area contributed by atoms with Crippen LogP contribution in [0, 0.1) is 0 Å². The van der Waals surface area contributed by atoms with Crippen LogP contribution in [0.2, 0.25) is 18.1 Å². The third-order valence-corrected chi connectivity index (χ3v) is 9.52. The average Bonchev–Trinajstić information content (AvgIpc) is 3.15. The van der Waals surface area contributed by atoms with Crippen LogP contribution in [0.4, 0.5) is 4.79 Å². The quantitative estimate of drug-likeness (QED) is 0.377. The molecule has 1 aromatic heterocycles. The second kappa shape index (κ2) is 8.64. The van der Waals surface area contributed by atoms with Crippen LogP contribution in [0.5, 0.6) is 0 Å². The van der Waals surface area contributed by atoms with E-state index in [0.29, 0.717) is 5.76 Å². The molecule has 0 spiro atoms. The molecule has 0 radical (unpaired) electrons. The van der Waals surface area contributed by atoms with Gasteiger partial charge in [0.2, 0.25) is 0 Å². The second-order valence-electron chi connectivity index (χ2n) is 6.06. The second-order valence-corrected chi connectivity index (χ2v) is 10.8. The largest absolute Gasteiger partial charge is 0.467 e. The van der Waals surface area contributed by atoms with E-state index in [1.165, 1.54) is 13.4 Å². The van der Waals surface area contributed by atoms with Crippen LogP contribution in [-0.4, -0.2) is 51.6 Å². The molecule has 25 heavy (non-hydrogen) atoms. The number of furan rings is 1.